The summed E-state index contributed by atoms with van der Waals surface area (Å²) in [6, 6.07) is 0. The van der Waals surface area contributed by atoms with E-state index in [1.165, 1.54) is 0 Å². The predicted octanol–water partition coefficient (Wildman–Crippen LogP) is 2.87. The molecule has 184 valence electrons. The van der Waals surface area contributed by atoms with E-state index in [0.29, 0.717) is 38.7 Å². The quantitative estimate of drug-likeness (QED) is 0.135. The maximum atomic E-state index is 11.7. The average Bonchev–Trinajstić information content (AvgIpc) is 2.79. The zero-order chi connectivity index (χ0) is 24.2. The zero-order valence-corrected chi connectivity index (χ0v) is 19.3. The summed E-state index contributed by atoms with van der Waals surface area (Å²) < 4.78 is 19.9. The van der Waals surface area contributed by atoms with Crippen LogP contribution >= 0.6 is 0 Å². The SMILES string of the molecule is C=CC(=O)OCCCCCC(=O)OCC(O)COC(=O)CCCCCOC(=O)C(C)CC. The largest absolute Gasteiger partial charge is 0.465 e. The Balaban J connectivity index is 3.62. The summed E-state index contributed by atoms with van der Waals surface area (Å²) in [5.74, 6) is -1.67. The summed E-state index contributed by atoms with van der Waals surface area (Å²) >= 11 is 0. The standard InChI is InChI=1S/C23H38O9/c1-4-18(3)23(28)30-15-11-7-9-13-22(27)32-17-19(24)16-31-21(26)12-8-6-10-14-29-20(25)5-2/h5,18-19,24H,2,4,6-17H2,1,3H3. The third-order valence-electron chi connectivity index (χ3n) is 4.59. The Hall–Kier alpha value is -2.42. The van der Waals surface area contributed by atoms with Gasteiger partial charge in [0.2, 0.25) is 0 Å². The lowest BCUT2D eigenvalue weighted by molar-refractivity contribution is -0.153. The van der Waals surface area contributed by atoms with Crippen LogP contribution in [0, 0.1) is 5.92 Å². The third-order valence-corrected chi connectivity index (χ3v) is 4.59. The van der Waals surface area contributed by atoms with Crippen molar-refractivity contribution in [2.24, 2.45) is 5.92 Å². The number of hydrogen-bond donors (Lipinski definition) is 1. The fourth-order valence-corrected chi connectivity index (χ4v) is 2.38. The second-order valence-corrected chi connectivity index (χ2v) is 7.49. The van der Waals surface area contributed by atoms with Crippen molar-refractivity contribution in [3.05, 3.63) is 12.7 Å². The van der Waals surface area contributed by atoms with Crippen molar-refractivity contribution in [1.29, 1.82) is 0 Å². The molecule has 0 aliphatic heterocycles. The zero-order valence-electron chi connectivity index (χ0n) is 19.3. The molecule has 0 aromatic rings. The minimum absolute atomic E-state index is 0.101. The molecule has 9 nitrogen and oxygen atoms in total. The van der Waals surface area contributed by atoms with Crippen LogP contribution in [0.4, 0.5) is 0 Å². The molecular formula is C23H38O9. The Morgan fingerprint density at radius 2 is 1.31 bits per heavy atom. The first-order valence-electron chi connectivity index (χ1n) is 11.2. The van der Waals surface area contributed by atoms with Gasteiger partial charge in [-0.3, -0.25) is 14.4 Å². The highest BCUT2D eigenvalue weighted by molar-refractivity contribution is 5.81. The van der Waals surface area contributed by atoms with Gasteiger partial charge in [-0.1, -0.05) is 20.4 Å². The average molecular weight is 459 g/mol. The van der Waals surface area contributed by atoms with E-state index in [4.69, 9.17) is 18.9 Å². The second-order valence-electron chi connectivity index (χ2n) is 7.49. The molecule has 0 radical (unpaired) electrons. The molecule has 0 aliphatic carbocycles. The number of aliphatic hydroxyl groups is 1. The number of unbranched alkanes of at least 4 members (excludes halogenated alkanes) is 4. The van der Waals surface area contributed by atoms with Crippen LogP contribution in [0.15, 0.2) is 12.7 Å². The molecule has 0 amide bonds. The Morgan fingerprint density at radius 3 is 1.78 bits per heavy atom. The number of hydrogen-bond acceptors (Lipinski definition) is 9. The smallest absolute Gasteiger partial charge is 0.330 e. The van der Waals surface area contributed by atoms with Crippen LogP contribution in [0.2, 0.25) is 0 Å². The van der Waals surface area contributed by atoms with E-state index >= 15 is 0 Å². The topological polar surface area (TPSA) is 125 Å². The lowest BCUT2D eigenvalue weighted by Crippen LogP contribution is -2.25. The van der Waals surface area contributed by atoms with Crippen molar-refractivity contribution < 1.29 is 43.2 Å². The summed E-state index contributed by atoms with van der Waals surface area (Å²) in [6.45, 7) is 7.16. The van der Waals surface area contributed by atoms with Gasteiger partial charge in [0.15, 0.2) is 0 Å². The molecule has 1 N–H and O–H groups in total. The van der Waals surface area contributed by atoms with E-state index in [9.17, 15) is 24.3 Å². The second kappa shape index (κ2) is 19.3. The van der Waals surface area contributed by atoms with Crippen LogP contribution in [-0.2, 0) is 38.1 Å². The highest BCUT2D eigenvalue weighted by atomic mass is 16.6. The number of ether oxygens (including phenoxy) is 4. The van der Waals surface area contributed by atoms with Crippen molar-refractivity contribution in [2.75, 3.05) is 26.4 Å². The summed E-state index contributed by atoms with van der Waals surface area (Å²) in [4.78, 5) is 45.7. The number of rotatable bonds is 19. The lowest BCUT2D eigenvalue weighted by atomic mass is 10.1. The Kier molecular flexibility index (Phi) is 17.8. The summed E-state index contributed by atoms with van der Waals surface area (Å²) in [5, 5.41) is 9.76. The van der Waals surface area contributed by atoms with E-state index in [2.05, 4.69) is 6.58 Å². The predicted molar refractivity (Wildman–Crippen MR) is 116 cm³/mol. The van der Waals surface area contributed by atoms with Crippen molar-refractivity contribution in [3.63, 3.8) is 0 Å². The number of carbonyl (C=O) groups is 4. The van der Waals surface area contributed by atoms with Gasteiger partial charge in [0.1, 0.15) is 19.3 Å². The van der Waals surface area contributed by atoms with E-state index in [-0.39, 0.29) is 44.5 Å². The molecule has 0 saturated carbocycles. The summed E-state index contributed by atoms with van der Waals surface area (Å²) in [7, 11) is 0. The molecule has 0 rings (SSSR count). The van der Waals surface area contributed by atoms with Gasteiger partial charge in [0, 0.05) is 18.9 Å². The fraction of sp³-hybridized carbons (Fsp3) is 0.739. The molecule has 0 bridgehead atoms. The number of carbonyl (C=O) groups excluding carboxylic acids is 4. The van der Waals surface area contributed by atoms with Crippen LogP contribution in [0.25, 0.3) is 0 Å². The first kappa shape index (κ1) is 29.6. The maximum absolute atomic E-state index is 11.7. The van der Waals surface area contributed by atoms with Gasteiger partial charge in [-0.05, 0) is 44.9 Å². The molecule has 0 spiro atoms. The van der Waals surface area contributed by atoms with Crippen LogP contribution in [0.3, 0.4) is 0 Å². The van der Waals surface area contributed by atoms with Crippen LogP contribution in [-0.4, -0.2) is 61.5 Å². The van der Waals surface area contributed by atoms with Gasteiger partial charge in [0.05, 0.1) is 19.1 Å². The Morgan fingerprint density at radius 1 is 0.812 bits per heavy atom. The van der Waals surface area contributed by atoms with Gasteiger partial charge in [-0.2, -0.15) is 0 Å². The molecule has 2 unspecified atom stereocenters. The molecule has 0 heterocycles. The molecule has 32 heavy (non-hydrogen) atoms. The fourth-order valence-electron chi connectivity index (χ4n) is 2.38. The first-order chi connectivity index (χ1) is 15.3. The molecule has 9 heteroatoms. The normalized spacial score (nSPS) is 12.3. The van der Waals surface area contributed by atoms with Gasteiger partial charge >= 0.3 is 23.9 Å². The van der Waals surface area contributed by atoms with Crippen LogP contribution < -0.4 is 0 Å². The monoisotopic (exact) mass is 458 g/mol. The maximum Gasteiger partial charge on any atom is 0.330 e. The van der Waals surface area contributed by atoms with Gasteiger partial charge in [0.25, 0.3) is 0 Å². The molecule has 2 atom stereocenters. The molecule has 0 saturated heterocycles. The van der Waals surface area contributed by atoms with Gasteiger partial charge in [-0.25, -0.2) is 4.79 Å². The third kappa shape index (κ3) is 17.3. The van der Waals surface area contributed by atoms with Crippen molar-refractivity contribution in [2.45, 2.75) is 77.7 Å². The lowest BCUT2D eigenvalue weighted by Gasteiger charge is -2.12. The minimum atomic E-state index is -1.08. The van der Waals surface area contributed by atoms with Crippen molar-refractivity contribution in [1.82, 2.24) is 0 Å². The Labute approximate surface area is 190 Å². The first-order valence-corrected chi connectivity index (χ1v) is 11.2. The summed E-state index contributed by atoms with van der Waals surface area (Å²) in [6.07, 6.45) is 5.04. The van der Waals surface area contributed by atoms with Gasteiger partial charge in [-0.15, -0.1) is 0 Å². The highest BCUT2D eigenvalue weighted by Gasteiger charge is 2.13. The van der Waals surface area contributed by atoms with Crippen molar-refractivity contribution >= 4 is 23.9 Å². The van der Waals surface area contributed by atoms with E-state index in [0.717, 1.165) is 18.9 Å². The molecule has 0 aromatic heterocycles. The van der Waals surface area contributed by atoms with Gasteiger partial charge < -0.3 is 24.1 Å². The van der Waals surface area contributed by atoms with Crippen LogP contribution in [0.5, 0.6) is 0 Å². The number of esters is 4. The molecule has 0 fully saturated rings. The highest BCUT2D eigenvalue weighted by Crippen LogP contribution is 2.07. The van der Waals surface area contributed by atoms with Crippen LogP contribution in [0.1, 0.15) is 71.6 Å². The van der Waals surface area contributed by atoms with E-state index in [1.54, 1.807) is 0 Å². The van der Waals surface area contributed by atoms with Crippen molar-refractivity contribution in [3.8, 4) is 0 Å². The molecule has 0 aliphatic rings. The molecular weight excluding hydrogens is 420 g/mol. The minimum Gasteiger partial charge on any atom is -0.465 e. The number of aliphatic hydroxyl groups excluding tert-OH is 1. The summed E-state index contributed by atoms with van der Waals surface area (Å²) in [5.41, 5.74) is 0. The Bertz CT molecular complexity index is 574. The van der Waals surface area contributed by atoms with E-state index in [1.807, 2.05) is 13.8 Å². The molecule has 0 aromatic carbocycles. The van der Waals surface area contributed by atoms with E-state index < -0.39 is 24.0 Å².